The van der Waals surface area contributed by atoms with Crippen LogP contribution in [0.4, 0.5) is 51.2 Å². The van der Waals surface area contributed by atoms with Gasteiger partial charge < -0.3 is 28.9 Å². The zero-order chi connectivity index (χ0) is 61.8. The minimum absolute atomic E-state index is 0.0167. The molecule has 0 fully saturated rings. The van der Waals surface area contributed by atoms with Gasteiger partial charge in [0.2, 0.25) is 0 Å². The first-order valence-corrected chi connectivity index (χ1v) is 32.1. The van der Waals surface area contributed by atoms with Gasteiger partial charge in [0.25, 0.3) is 6.71 Å². The Kier molecular flexibility index (Phi) is 12.0. The van der Waals surface area contributed by atoms with Gasteiger partial charge in [-0.25, -0.2) is 0 Å². The van der Waals surface area contributed by atoms with Crippen molar-refractivity contribution < 1.29 is 14.2 Å². The molecule has 0 aliphatic carbocycles. The first-order valence-electron chi connectivity index (χ1n) is 32.1. The van der Waals surface area contributed by atoms with Gasteiger partial charge in [0.05, 0.1) is 17.1 Å². The van der Waals surface area contributed by atoms with Crippen molar-refractivity contribution in [3.05, 3.63) is 212 Å². The molecule has 6 aliphatic heterocycles. The van der Waals surface area contributed by atoms with E-state index in [-0.39, 0.29) is 39.2 Å². The Bertz CT molecular complexity index is 3770. The molecule has 0 aromatic heterocycles. The van der Waals surface area contributed by atoms with Gasteiger partial charge in [-0.05, 0) is 136 Å². The summed E-state index contributed by atoms with van der Waals surface area (Å²) in [6.07, 6.45) is 2.53. The molecule has 15 rings (SSSR count). The van der Waals surface area contributed by atoms with E-state index in [0.717, 1.165) is 87.2 Å². The van der Waals surface area contributed by atoms with Crippen molar-refractivity contribution in [2.75, 3.05) is 14.7 Å². The van der Waals surface area contributed by atoms with Crippen LogP contribution in [-0.4, -0.2) is 6.71 Å². The van der Waals surface area contributed by atoms with Crippen LogP contribution in [0.5, 0.6) is 34.5 Å². The van der Waals surface area contributed by atoms with Crippen molar-refractivity contribution >= 4 is 74.3 Å². The summed E-state index contributed by atoms with van der Waals surface area (Å²) >= 11 is 0. The molecule has 0 saturated heterocycles. The summed E-state index contributed by atoms with van der Waals surface area (Å²) in [5.41, 5.74) is 28.7. The van der Waals surface area contributed by atoms with Gasteiger partial charge >= 0.3 is 0 Å². The fraction of sp³-hybridized carbons (Fsp3) is 0.333. The lowest BCUT2D eigenvalue weighted by Gasteiger charge is -2.41. The highest BCUT2D eigenvalue weighted by Crippen LogP contribution is 2.55. The summed E-state index contributed by atoms with van der Waals surface area (Å²) in [5, 5.41) is 0. The first-order chi connectivity index (χ1) is 41.3. The van der Waals surface area contributed by atoms with Crippen molar-refractivity contribution in [1.29, 1.82) is 0 Å². The predicted molar refractivity (Wildman–Crippen MR) is 369 cm³/mol. The number of anilines is 9. The normalized spacial score (nSPS) is 15.2. The summed E-state index contributed by atoms with van der Waals surface area (Å²) in [5.74, 6) is 4.72. The number of fused-ring (bicyclic) bond motifs is 6. The molecule has 9 aromatic carbocycles. The van der Waals surface area contributed by atoms with Crippen LogP contribution >= 0.6 is 0 Å². The quantitative estimate of drug-likeness (QED) is 0.164. The lowest BCUT2D eigenvalue weighted by Crippen LogP contribution is -2.59. The SMILES string of the molecule is CC(C)(C)c1ccc2c(c1)Cc1cc(C(C)(C)C)ccc1N2c1cc2c3c(c1)Oc1cc(N4c5ccc(C(C)(C)C)cc5Cc5cc(C(C)(C)C)ccc54)cc4c1B3c1c(cc(N3c5ccc(C(C)(C)C)cc5Cc5cc(C(C)(C)C)ccc53)cc1O4)O2. The van der Waals surface area contributed by atoms with Crippen LogP contribution in [-0.2, 0) is 51.8 Å². The van der Waals surface area contributed by atoms with E-state index in [1.165, 1.54) is 101 Å². The molecule has 6 nitrogen and oxygen atoms in total. The fourth-order valence-electron chi connectivity index (χ4n) is 14.6. The Labute approximate surface area is 523 Å². The standard InChI is InChI=1S/C81H84BN3O3/c1-76(2,3)52-19-25-61-46(34-52)31-47-35-53(77(4,5)6)20-26-62(47)83(61)58-40-67-73-68(41-58)87-70-43-60(85-65-29-23-56(80(13,14)15)38-50(65)33-51-39-57(81(16,17)18)24-30-66(51)85)45-72-75(70)82(73)74-69(86-67)42-59(44-71(74)88-72)84-63-27-21-54(78(7,8)9)36-48(63)32-49-37-55(79(10,11)12)22-28-64(49)84/h19-30,34-45H,31-33H2,1-18H3. The number of hydrogen-bond donors (Lipinski definition) is 0. The molecule has 6 aliphatic rings. The van der Waals surface area contributed by atoms with Crippen LogP contribution in [0.15, 0.2) is 146 Å². The van der Waals surface area contributed by atoms with Crippen LogP contribution < -0.4 is 45.3 Å². The Hall–Kier alpha value is -8.16. The average Bonchev–Trinajstić information content (AvgIpc) is 0.708. The minimum Gasteiger partial charge on any atom is -0.458 e. The number of benzene rings is 9. The van der Waals surface area contributed by atoms with Gasteiger partial charge in [-0.2, -0.15) is 0 Å². The number of hydrogen-bond acceptors (Lipinski definition) is 6. The lowest BCUT2D eigenvalue weighted by molar-refractivity contribution is 0.443. The third kappa shape index (κ3) is 9.01. The molecule has 6 heterocycles. The molecule has 0 atom stereocenters. The van der Waals surface area contributed by atoms with Crippen molar-refractivity contribution in [1.82, 2.24) is 0 Å². The van der Waals surface area contributed by atoms with Crippen molar-refractivity contribution in [2.45, 2.75) is 176 Å². The van der Waals surface area contributed by atoms with E-state index in [4.69, 9.17) is 14.2 Å². The Balaban J connectivity index is 0.969. The summed E-state index contributed by atoms with van der Waals surface area (Å²) in [7, 11) is 0. The van der Waals surface area contributed by atoms with Crippen molar-refractivity contribution in [2.24, 2.45) is 0 Å². The van der Waals surface area contributed by atoms with Gasteiger partial charge in [0.15, 0.2) is 0 Å². The smallest absolute Gasteiger partial charge is 0.270 e. The maximum absolute atomic E-state index is 7.56. The first kappa shape index (κ1) is 56.4. The van der Waals surface area contributed by atoms with Crippen LogP contribution in [0.1, 0.15) is 191 Å². The van der Waals surface area contributed by atoms with E-state index >= 15 is 0 Å². The average molecular weight is 1160 g/mol. The van der Waals surface area contributed by atoms with Gasteiger partial charge in [-0.3, -0.25) is 0 Å². The summed E-state index contributed by atoms with van der Waals surface area (Å²) in [6.45, 7) is 41.4. The van der Waals surface area contributed by atoms with Gasteiger partial charge in [-0.1, -0.05) is 197 Å². The minimum atomic E-state index is -0.229. The molecular weight excluding hydrogens is 1070 g/mol. The van der Waals surface area contributed by atoms with E-state index < -0.39 is 0 Å². The molecule has 0 bridgehead atoms. The predicted octanol–water partition coefficient (Wildman–Crippen LogP) is 20.4. The Morgan fingerprint density at radius 2 is 0.420 bits per heavy atom. The van der Waals surface area contributed by atoms with Crippen molar-refractivity contribution in [3.8, 4) is 34.5 Å². The molecule has 9 aromatic rings. The molecular formula is C81H84BN3O3. The summed E-state index contributed by atoms with van der Waals surface area (Å²) < 4.78 is 22.7. The van der Waals surface area contributed by atoms with E-state index in [1.807, 2.05) is 0 Å². The zero-order valence-corrected chi connectivity index (χ0v) is 55.1. The van der Waals surface area contributed by atoms with Crippen LogP contribution in [0, 0.1) is 0 Å². The molecule has 0 radical (unpaired) electrons. The second-order valence-electron chi connectivity index (χ2n) is 32.4. The van der Waals surface area contributed by atoms with E-state index in [9.17, 15) is 0 Å². The number of rotatable bonds is 3. The molecule has 0 amide bonds. The highest BCUT2D eigenvalue weighted by molar-refractivity contribution is 6.99. The second kappa shape index (κ2) is 18.7. The molecule has 0 N–H and O–H groups in total. The Morgan fingerprint density at radius 1 is 0.250 bits per heavy atom. The van der Waals surface area contributed by atoms with E-state index in [0.29, 0.717) is 0 Å². The van der Waals surface area contributed by atoms with Gasteiger partial charge in [-0.15, -0.1) is 0 Å². The van der Waals surface area contributed by atoms with Gasteiger partial charge in [0, 0.05) is 106 Å². The van der Waals surface area contributed by atoms with E-state index in [2.05, 4.69) is 285 Å². The number of ether oxygens (including phenoxy) is 3. The highest BCUT2D eigenvalue weighted by atomic mass is 16.5. The topological polar surface area (TPSA) is 37.4 Å². The summed E-state index contributed by atoms with van der Waals surface area (Å²) in [4.78, 5) is 7.40. The molecule has 7 heteroatoms. The maximum atomic E-state index is 7.56. The highest BCUT2D eigenvalue weighted by Gasteiger charge is 2.49. The molecule has 0 saturated carbocycles. The molecule has 0 spiro atoms. The third-order valence-electron chi connectivity index (χ3n) is 19.8. The van der Waals surface area contributed by atoms with E-state index in [1.54, 1.807) is 0 Å². The Morgan fingerprint density at radius 3 is 0.580 bits per heavy atom. The maximum Gasteiger partial charge on any atom is 0.270 e. The fourth-order valence-corrected chi connectivity index (χ4v) is 14.6. The molecule has 88 heavy (non-hydrogen) atoms. The molecule has 0 unspecified atom stereocenters. The monoisotopic (exact) mass is 1160 g/mol. The zero-order valence-electron chi connectivity index (χ0n) is 55.1. The van der Waals surface area contributed by atoms with Gasteiger partial charge in [0.1, 0.15) is 34.5 Å². The second-order valence-corrected chi connectivity index (χ2v) is 32.4. The lowest BCUT2D eigenvalue weighted by atomic mass is 9.34. The van der Waals surface area contributed by atoms with Crippen LogP contribution in [0.3, 0.4) is 0 Å². The third-order valence-corrected chi connectivity index (χ3v) is 19.8. The van der Waals surface area contributed by atoms with Crippen LogP contribution in [0.2, 0.25) is 0 Å². The molecule has 444 valence electrons. The van der Waals surface area contributed by atoms with Crippen molar-refractivity contribution in [3.63, 3.8) is 0 Å². The van der Waals surface area contributed by atoms with Crippen LogP contribution in [0.25, 0.3) is 0 Å². The summed E-state index contributed by atoms with van der Waals surface area (Å²) in [6, 6.07) is 56.4. The number of nitrogens with zero attached hydrogens (tertiary/aromatic N) is 3. The largest absolute Gasteiger partial charge is 0.458 e.